The number of phenols is 1. The van der Waals surface area contributed by atoms with Crippen LogP contribution in [0.25, 0.3) is 6.08 Å². The number of carbonyl (C=O) groups excluding carboxylic acids is 1. The summed E-state index contributed by atoms with van der Waals surface area (Å²) in [5.41, 5.74) is 1.47. The Morgan fingerprint density at radius 2 is 2.14 bits per heavy atom. The first-order valence-electron chi connectivity index (χ1n) is 13.3. The predicted molar refractivity (Wildman–Crippen MR) is 135 cm³/mol. The molecule has 7 rings (SSSR count). The number of likely N-dealkylation sites (tertiary alicyclic amines) is 1. The quantitative estimate of drug-likeness (QED) is 0.631. The third kappa shape index (κ3) is 2.99. The molecule has 1 saturated heterocycles. The molecule has 0 unspecified atom stereocenters. The molecule has 7 nitrogen and oxygen atoms in total. The van der Waals surface area contributed by atoms with E-state index in [1.54, 1.807) is 35.5 Å². The SMILES string of the molecule is CN(C(=O)/C=C/c1cccnc1)[C@@H]1CC[C@@]2(O)[C@@H]3Cc4ccc(O)c5c4[C@@]2(CCN3CC2CC2)[C@H]1O5. The van der Waals surface area contributed by atoms with E-state index in [1.165, 1.54) is 18.4 Å². The molecule has 0 radical (unpaired) electrons. The summed E-state index contributed by atoms with van der Waals surface area (Å²) in [4.78, 5) is 21.7. The van der Waals surface area contributed by atoms with E-state index in [1.807, 2.05) is 25.2 Å². The normalized spacial score (nSPS) is 34.3. The van der Waals surface area contributed by atoms with Gasteiger partial charge in [0.1, 0.15) is 6.10 Å². The van der Waals surface area contributed by atoms with E-state index in [0.717, 1.165) is 43.0 Å². The van der Waals surface area contributed by atoms with Gasteiger partial charge in [-0.1, -0.05) is 12.1 Å². The van der Waals surface area contributed by atoms with Crippen LogP contribution in [0.2, 0.25) is 0 Å². The highest BCUT2D eigenvalue weighted by atomic mass is 16.5. The second-order valence-electron chi connectivity index (χ2n) is 11.5. The van der Waals surface area contributed by atoms with Crippen LogP contribution in [0.5, 0.6) is 11.5 Å². The molecule has 2 aliphatic heterocycles. The summed E-state index contributed by atoms with van der Waals surface area (Å²) in [6.45, 7) is 1.96. The Bertz CT molecular complexity index is 1240. The van der Waals surface area contributed by atoms with Crippen molar-refractivity contribution < 1.29 is 19.7 Å². The van der Waals surface area contributed by atoms with Crippen molar-refractivity contribution in [2.24, 2.45) is 5.92 Å². The minimum absolute atomic E-state index is 0.0355. The molecular formula is C29H33N3O4. The minimum Gasteiger partial charge on any atom is -0.504 e. The number of amides is 1. The van der Waals surface area contributed by atoms with Crippen LogP contribution in [0.1, 0.15) is 48.8 Å². The second-order valence-corrected chi connectivity index (χ2v) is 11.5. The fourth-order valence-electron chi connectivity index (χ4n) is 7.78. The van der Waals surface area contributed by atoms with E-state index in [9.17, 15) is 15.0 Å². The lowest BCUT2D eigenvalue weighted by Crippen LogP contribution is -2.78. The van der Waals surface area contributed by atoms with E-state index in [4.69, 9.17) is 4.74 Å². The molecule has 1 aromatic carbocycles. The molecule has 5 atom stereocenters. The van der Waals surface area contributed by atoms with Crippen LogP contribution in [0, 0.1) is 5.92 Å². The summed E-state index contributed by atoms with van der Waals surface area (Å²) in [6, 6.07) is 7.34. The van der Waals surface area contributed by atoms with E-state index in [2.05, 4.69) is 9.88 Å². The molecule has 3 aliphatic carbocycles. The van der Waals surface area contributed by atoms with Gasteiger partial charge in [-0.05, 0) is 80.3 Å². The minimum atomic E-state index is -0.942. The highest BCUT2D eigenvalue weighted by molar-refractivity contribution is 5.92. The van der Waals surface area contributed by atoms with Crippen LogP contribution >= 0.6 is 0 Å². The van der Waals surface area contributed by atoms with Crippen LogP contribution < -0.4 is 4.74 Å². The van der Waals surface area contributed by atoms with Gasteiger partial charge in [-0.3, -0.25) is 14.7 Å². The van der Waals surface area contributed by atoms with Gasteiger partial charge in [0.05, 0.1) is 17.1 Å². The highest BCUT2D eigenvalue weighted by Gasteiger charge is 2.73. The largest absolute Gasteiger partial charge is 0.504 e. The Morgan fingerprint density at radius 1 is 1.28 bits per heavy atom. The van der Waals surface area contributed by atoms with Crippen molar-refractivity contribution >= 4 is 12.0 Å². The van der Waals surface area contributed by atoms with Gasteiger partial charge in [-0.15, -0.1) is 0 Å². The van der Waals surface area contributed by atoms with E-state index < -0.39 is 17.1 Å². The molecule has 36 heavy (non-hydrogen) atoms. The van der Waals surface area contributed by atoms with Gasteiger partial charge in [0, 0.05) is 43.7 Å². The lowest BCUT2D eigenvalue weighted by Gasteiger charge is -2.64. The molecule has 2 N–H and O–H groups in total. The predicted octanol–water partition coefficient (Wildman–Crippen LogP) is 2.89. The first kappa shape index (κ1) is 22.3. The lowest BCUT2D eigenvalue weighted by molar-refractivity contribution is -0.200. The molecule has 3 heterocycles. The fraction of sp³-hybridized carbons (Fsp3) is 0.517. The topological polar surface area (TPSA) is 86.1 Å². The Kier molecular flexibility index (Phi) is 4.83. The molecule has 1 spiro atoms. The van der Waals surface area contributed by atoms with Crippen LogP contribution in [0.3, 0.4) is 0 Å². The van der Waals surface area contributed by atoms with Gasteiger partial charge in [0.2, 0.25) is 5.91 Å². The van der Waals surface area contributed by atoms with Gasteiger partial charge >= 0.3 is 0 Å². The first-order chi connectivity index (χ1) is 17.4. The molecule has 2 bridgehead atoms. The van der Waals surface area contributed by atoms with Gasteiger partial charge in [0.25, 0.3) is 0 Å². The summed E-state index contributed by atoms with van der Waals surface area (Å²) in [7, 11) is 1.83. The van der Waals surface area contributed by atoms with E-state index in [-0.39, 0.29) is 23.7 Å². The maximum Gasteiger partial charge on any atom is 0.246 e. The number of benzene rings is 1. The van der Waals surface area contributed by atoms with Gasteiger partial charge in [-0.25, -0.2) is 0 Å². The zero-order valence-electron chi connectivity index (χ0n) is 20.6. The Balaban J connectivity index is 1.26. The first-order valence-corrected chi connectivity index (χ1v) is 13.3. The number of nitrogens with zero attached hydrogens (tertiary/aromatic N) is 3. The monoisotopic (exact) mass is 487 g/mol. The molecule has 1 aromatic heterocycles. The van der Waals surface area contributed by atoms with Crippen LogP contribution in [-0.2, 0) is 16.6 Å². The maximum absolute atomic E-state index is 13.3. The van der Waals surface area contributed by atoms with Crippen LogP contribution in [0.15, 0.2) is 42.7 Å². The number of pyridine rings is 1. The Morgan fingerprint density at radius 3 is 2.92 bits per heavy atom. The van der Waals surface area contributed by atoms with Crippen molar-refractivity contribution in [3.63, 3.8) is 0 Å². The average molecular weight is 488 g/mol. The third-order valence-corrected chi connectivity index (χ3v) is 9.68. The zero-order chi connectivity index (χ0) is 24.7. The van der Waals surface area contributed by atoms with Gasteiger partial charge in [0.15, 0.2) is 11.5 Å². The zero-order valence-corrected chi connectivity index (χ0v) is 20.6. The number of ether oxygens (including phenoxy) is 1. The van der Waals surface area contributed by atoms with Crippen LogP contribution in [-0.4, -0.2) is 74.8 Å². The number of carbonyl (C=O) groups is 1. The van der Waals surface area contributed by atoms with Crippen LogP contribution in [0.4, 0.5) is 0 Å². The summed E-state index contributed by atoms with van der Waals surface area (Å²) in [6.07, 6.45) is 11.8. The molecule has 5 aliphatic rings. The molecule has 188 valence electrons. The number of phenolic OH excluding ortho intramolecular Hbond substituents is 1. The standard InChI is InChI=1S/C29H33N3O4/c1-31(24(34)9-6-18-3-2-13-30-16-18)21-10-11-29(35)23-15-20-7-8-22(33)26-25(20)28(29,27(21)36-26)12-14-32(23)17-19-4-5-19/h2-3,6-9,13,16,19,21,23,27,33,35H,4-5,10-12,14-15,17H2,1H3/b9-6+/t21-,23+,27+,28+,29-/m1/s1. The van der Waals surface area contributed by atoms with E-state index >= 15 is 0 Å². The molecule has 2 aromatic rings. The van der Waals surface area contributed by atoms with E-state index in [0.29, 0.717) is 18.6 Å². The van der Waals surface area contributed by atoms with Gasteiger partial charge in [-0.2, -0.15) is 0 Å². The van der Waals surface area contributed by atoms with Crippen molar-refractivity contribution in [2.75, 3.05) is 20.1 Å². The van der Waals surface area contributed by atoms with Crippen molar-refractivity contribution in [3.05, 3.63) is 59.4 Å². The number of hydrogen-bond acceptors (Lipinski definition) is 6. The molecular weight excluding hydrogens is 454 g/mol. The molecule has 3 fully saturated rings. The number of aromatic hydroxyl groups is 1. The Labute approximate surface area is 211 Å². The summed E-state index contributed by atoms with van der Waals surface area (Å²) < 4.78 is 6.59. The summed E-state index contributed by atoms with van der Waals surface area (Å²) in [5.74, 6) is 1.29. The fourth-order valence-corrected chi connectivity index (χ4v) is 7.78. The number of piperidine rings is 1. The maximum atomic E-state index is 13.3. The molecule has 7 heteroatoms. The number of aliphatic hydroxyl groups is 1. The summed E-state index contributed by atoms with van der Waals surface area (Å²) in [5, 5.41) is 23.4. The smallest absolute Gasteiger partial charge is 0.246 e. The number of aromatic nitrogens is 1. The van der Waals surface area contributed by atoms with Crippen molar-refractivity contribution in [2.45, 2.75) is 67.7 Å². The number of likely N-dealkylation sites (N-methyl/N-ethyl adjacent to an activating group) is 1. The third-order valence-electron chi connectivity index (χ3n) is 9.68. The number of rotatable bonds is 5. The molecule has 1 amide bonds. The average Bonchev–Trinajstić information content (AvgIpc) is 3.63. The lowest BCUT2D eigenvalue weighted by atomic mass is 9.48. The highest BCUT2D eigenvalue weighted by Crippen LogP contribution is 2.66. The van der Waals surface area contributed by atoms with Crippen molar-refractivity contribution in [3.8, 4) is 11.5 Å². The van der Waals surface area contributed by atoms with Gasteiger partial charge < -0.3 is 19.8 Å². The van der Waals surface area contributed by atoms with Crippen molar-refractivity contribution in [1.82, 2.24) is 14.8 Å². The number of hydrogen-bond donors (Lipinski definition) is 2. The second kappa shape index (κ2) is 7.80. The van der Waals surface area contributed by atoms with Crippen molar-refractivity contribution in [1.29, 1.82) is 0 Å². The molecule has 2 saturated carbocycles. The summed E-state index contributed by atoms with van der Waals surface area (Å²) >= 11 is 0. The Hall–Kier alpha value is -2.90.